The van der Waals surface area contributed by atoms with Crippen LogP contribution in [0.5, 0.6) is 5.75 Å². The number of benzene rings is 9. The van der Waals surface area contributed by atoms with Crippen molar-refractivity contribution < 1.29 is 5.11 Å². The maximum Gasteiger partial charge on any atom is 0.164 e. The topological polar surface area (TPSA) is 58.9 Å². The van der Waals surface area contributed by atoms with Gasteiger partial charge in [-0.05, 0) is 90.5 Å². The number of phenolic OH excluding ortho intramolecular Hbond substituents is 1. The van der Waals surface area contributed by atoms with Crippen molar-refractivity contribution in [1.29, 1.82) is 0 Å². The number of hydrogen-bond acceptors (Lipinski definition) is 4. The zero-order valence-corrected chi connectivity index (χ0v) is 29.8. The SMILES string of the molecule is Oc1cccc(-c2nc(-c3ccc4ccccc4c3)nc(-c3ccc4ccc5ccccc5c4c3)n2)c1-c1cccc(-c2cccc(-c3ccccc3)c2)c1. The van der Waals surface area contributed by atoms with Crippen molar-refractivity contribution in [2.45, 2.75) is 0 Å². The molecule has 0 amide bonds. The second kappa shape index (κ2) is 13.5. The summed E-state index contributed by atoms with van der Waals surface area (Å²) in [6.45, 7) is 0. The predicted octanol–water partition coefficient (Wildman–Crippen LogP) is 13.0. The number of fused-ring (bicyclic) bond motifs is 4. The molecule has 0 radical (unpaired) electrons. The number of nitrogens with zero attached hydrogens (tertiary/aromatic N) is 3. The lowest BCUT2D eigenvalue weighted by Crippen LogP contribution is -2.01. The van der Waals surface area contributed by atoms with Crippen LogP contribution in [0.25, 0.3) is 99.9 Å². The van der Waals surface area contributed by atoms with Crippen LogP contribution < -0.4 is 0 Å². The first-order chi connectivity index (χ1) is 27.1. The van der Waals surface area contributed by atoms with E-state index in [1.165, 1.54) is 10.8 Å². The summed E-state index contributed by atoms with van der Waals surface area (Å²) < 4.78 is 0. The maximum atomic E-state index is 11.6. The highest BCUT2D eigenvalue weighted by molar-refractivity contribution is 6.08. The van der Waals surface area contributed by atoms with Gasteiger partial charge in [-0.2, -0.15) is 0 Å². The highest BCUT2D eigenvalue weighted by Crippen LogP contribution is 2.40. The van der Waals surface area contributed by atoms with E-state index in [-0.39, 0.29) is 5.75 Å². The van der Waals surface area contributed by atoms with Crippen LogP contribution in [-0.2, 0) is 0 Å². The summed E-state index contributed by atoms with van der Waals surface area (Å²) >= 11 is 0. The summed E-state index contributed by atoms with van der Waals surface area (Å²) in [4.78, 5) is 15.4. The summed E-state index contributed by atoms with van der Waals surface area (Å²) in [5.74, 6) is 1.75. The molecule has 0 aliphatic rings. The van der Waals surface area contributed by atoms with Gasteiger partial charge in [0.15, 0.2) is 17.5 Å². The van der Waals surface area contributed by atoms with E-state index in [1.807, 2.05) is 42.5 Å². The fourth-order valence-electron chi connectivity index (χ4n) is 7.62. The Balaban J connectivity index is 1.15. The standard InChI is InChI=1S/C51H33N3O/c55-47-22-10-21-45(48(47)41-19-9-18-40(30-41)39-17-8-16-38(29-39)33-11-2-1-3-12-33)51-53-49(42-27-23-34-13-4-5-15-37(34)31-42)52-50(54-51)43-28-26-36-25-24-35-14-6-7-20-44(35)46(36)32-43/h1-32,55H. The van der Waals surface area contributed by atoms with E-state index in [9.17, 15) is 5.11 Å². The lowest BCUT2D eigenvalue weighted by atomic mass is 9.93. The highest BCUT2D eigenvalue weighted by atomic mass is 16.3. The molecule has 0 bridgehead atoms. The lowest BCUT2D eigenvalue weighted by molar-refractivity contribution is 0.477. The zero-order valence-electron chi connectivity index (χ0n) is 29.8. The molecule has 0 saturated carbocycles. The summed E-state index contributed by atoms with van der Waals surface area (Å²) in [5.41, 5.74) is 8.45. The fourth-order valence-corrected chi connectivity index (χ4v) is 7.62. The van der Waals surface area contributed by atoms with E-state index in [0.29, 0.717) is 28.6 Å². The van der Waals surface area contributed by atoms with Crippen LogP contribution in [0.4, 0.5) is 0 Å². The van der Waals surface area contributed by atoms with Gasteiger partial charge in [0, 0.05) is 22.3 Å². The number of aromatic hydroxyl groups is 1. The third kappa shape index (κ3) is 6.06. The first-order valence-electron chi connectivity index (χ1n) is 18.4. The molecule has 1 heterocycles. The molecule has 1 N–H and O–H groups in total. The first kappa shape index (κ1) is 32.2. The Morgan fingerprint density at radius 3 is 1.56 bits per heavy atom. The molecule has 0 aliphatic heterocycles. The number of phenols is 1. The molecule has 4 nitrogen and oxygen atoms in total. The van der Waals surface area contributed by atoms with Crippen LogP contribution in [0.1, 0.15) is 0 Å². The number of rotatable bonds is 6. The average Bonchev–Trinajstić information content (AvgIpc) is 3.26. The highest BCUT2D eigenvalue weighted by Gasteiger charge is 2.19. The van der Waals surface area contributed by atoms with E-state index in [2.05, 4.69) is 146 Å². The summed E-state index contributed by atoms with van der Waals surface area (Å²) in [5, 5.41) is 18.5. The Kier molecular flexibility index (Phi) is 7.93. The molecule has 0 aliphatic carbocycles. The molecule has 10 rings (SSSR count). The molecule has 258 valence electrons. The molecule has 0 atom stereocenters. The third-order valence-electron chi connectivity index (χ3n) is 10.4. The smallest absolute Gasteiger partial charge is 0.164 e. The summed E-state index contributed by atoms with van der Waals surface area (Å²) in [7, 11) is 0. The molecule has 4 heteroatoms. The Morgan fingerprint density at radius 1 is 0.291 bits per heavy atom. The number of hydrogen-bond donors (Lipinski definition) is 1. The maximum absolute atomic E-state index is 11.6. The molecule has 0 unspecified atom stereocenters. The second-order valence-electron chi connectivity index (χ2n) is 13.8. The van der Waals surface area contributed by atoms with Gasteiger partial charge in [-0.15, -0.1) is 0 Å². The van der Waals surface area contributed by atoms with Gasteiger partial charge in [-0.25, -0.2) is 15.0 Å². The molecular formula is C51H33N3O. The predicted molar refractivity (Wildman–Crippen MR) is 227 cm³/mol. The van der Waals surface area contributed by atoms with Crippen LogP contribution in [0.3, 0.4) is 0 Å². The monoisotopic (exact) mass is 703 g/mol. The first-order valence-corrected chi connectivity index (χ1v) is 18.4. The van der Waals surface area contributed by atoms with Crippen LogP contribution in [0, 0.1) is 0 Å². The van der Waals surface area contributed by atoms with E-state index < -0.39 is 0 Å². The van der Waals surface area contributed by atoms with E-state index in [0.717, 1.165) is 60.5 Å². The van der Waals surface area contributed by atoms with Crippen molar-refractivity contribution in [1.82, 2.24) is 15.0 Å². The Hall–Kier alpha value is -7.43. The van der Waals surface area contributed by atoms with Crippen molar-refractivity contribution >= 4 is 32.3 Å². The van der Waals surface area contributed by atoms with Gasteiger partial charge < -0.3 is 5.11 Å². The Bertz CT molecular complexity index is 3060. The van der Waals surface area contributed by atoms with Crippen LogP contribution >= 0.6 is 0 Å². The van der Waals surface area contributed by atoms with Crippen molar-refractivity contribution in [2.75, 3.05) is 0 Å². The zero-order chi connectivity index (χ0) is 36.7. The van der Waals surface area contributed by atoms with E-state index >= 15 is 0 Å². The van der Waals surface area contributed by atoms with E-state index in [1.54, 1.807) is 6.07 Å². The van der Waals surface area contributed by atoms with Gasteiger partial charge >= 0.3 is 0 Å². The normalized spacial score (nSPS) is 11.3. The van der Waals surface area contributed by atoms with Crippen LogP contribution in [0.15, 0.2) is 194 Å². The van der Waals surface area contributed by atoms with Crippen molar-refractivity contribution in [3.63, 3.8) is 0 Å². The largest absolute Gasteiger partial charge is 0.507 e. The Labute approximate surface area is 318 Å². The lowest BCUT2D eigenvalue weighted by Gasteiger charge is -2.15. The van der Waals surface area contributed by atoms with E-state index in [4.69, 9.17) is 15.0 Å². The van der Waals surface area contributed by atoms with Crippen molar-refractivity contribution in [2.24, 2.45) is 0 Å². The van der Waals surface area contributed by atoms with Gasteiger partial charge in [0.2, 0.25) is 0 Å². The molecule has 10 aromatic rings. The molecule has 55 heavy (non-hydrogen) atoms. The molecule has 0 spiro atoms. The number of aromatic nitrogens is 3. The van der Waals surface area contributed by atoms with Crippen molar-refractivity contribution in [3.8, 4) is 73.3 Å². The van der Waals surface area contributed by atoms with Crippen molar-refractivity contribution in [3.05, 3.63) is 194 Å². The van der Waals surface area contributed by atoms with Gasteiger partial charge in [-0.3, -0.25) is 0 Å². The van der Waals surface area contributed by atoms with Gasteiger partial charge in [-0.1, -0.05) is 164 Å². The quantitative estimate of drug-likeness (QED) is 0.175. The van der Waals surface area contributed by atoms with Crippen LogP contribution in [-0.4, -0.2) is 20.1 Å². The second-order valence-corrected chi connectivity index (χ2v) is 13.8. The Morgan fingerprint density at radius 2 is 0.800 bits per heavy atom. The third-order valence-corrected chi connectivity index (χ3v) is 10.4. The summed E-state index contributed by atoms with van der Waals surface area (Å²) in [6, 6.07) is 66.6. The minimum Gasteiger partial charge on any atom is -0.507 e. The molecule has 9 aromatic carbocycles. The average molecular weight is 704 g/mol. The van der Waals surface area contributed by atoms with Gasteiger partial charge in [0.25, 0.3) is 0 Å². The minimum atomic E-state index is 0.152. The van der Waals surface area contributed by atoms with Gasteiger partial charge in [0.1, 0.15) is 5.75 Å². The molecule has 1 aromatic heterocycles. The molecule has 0 saturated heterocycles. The van der Waals surface area contributed by atoms with Gasteiger partial charge in [0.05, 0.1) is 0 Å². The summed E-state index contributed by atoms with van der Waals surface area (Å²) in [6.07, 6.45) is 0. The fraction of sp³-hybridized carbons (Fsp3) is 0. The molecule has 0 fully saturated rings. The van der Waals surface area contributed by atoms with Crippen LogP contribution in [0.2, 0.25) is 0 Å². The minimum absolute atomic E-state index is 0.152. The molecular weight excluding hydrogens is 671 g/mol.